The number of fused-ring (bicyclic) bond motifs is 1. The summed E-state index contributed by atoms with van der Waals surface area (Å²) in [4.78, 5) is 33.7. The summed E-state index contributed by atoms with van der Waals surface area (Å²) in [5.74, 6) is 1.36. The zero-order valence-corrected chi connectivity index (χ0v) is 18.6. The molecule has 8 heteroatoms. The summed E-state index contributed by atoms with van der Waals surface area (Å²) in [6.45, 7) is 8.91. The van der Waals surface area contributed by atoms with Crippen LogP contribution in [-0.2, 0) is 0 Å². The van der Waals surface area contributed by atoms with E-state index in [1.807, 2.05) is 55.5 Å². The molecular formula is C24H29N5O3. The van der Waals surface area contributed by atoms with Crippen molar-refractivity contribution in [3.8, 4) is 11.4 Å². The maximum Gasteiger partial charge on any atom is 0.266 e. The van der Waals surface area contributed by atoms with Crippen LogP contribution < -0.4 is 10.3 Å². The molecule has 0 aliphatic carbocycles. The highest BCUT2D eigenvalue weighted by molar-refractivity contribution is 5.78. The fourth-order valence-electron chi connectivity index (χ4n) is 4.30. The Labute approximate surface area is 187 Å². The molecule has 2 heterocycles. The van der Waals surface area contributed by atoms with Gasteiger partial charge in [0.1, 0.15) is 11.6 Å². The lowest BCUT2D eigenvalue weighted by Gasteiger charge is -2.38. The van der Waals surface area contributed by atoms with E-state index in [2.05, 4.69) is 21.9 Å². The minimum absolute atomic E-state index is 0.0756. The predicted octanol–water partition coefficient (Wildman–Crippen LogP) is 3.23. The van der Waals surface area contributed by atoms with Gasteiger partial charge in [0.25, 0.3) is 5.56 Å². The maximum absolute atomic E-state index is 13.7. The highest BCUT2D eigenvalue weighted by Gasteiger charge is 2.27. The summed E-state index contributed by atoms with van der Waals surface area (Å²) in [5, 5.41) is 3.56. The molecular weight excluding hydrogens is 406 g/mol. The van der Waals surface area contributed by atoms with Gasteiger partial charge in [-0.25, -0.2) is 4.98 Å². The highest BCUT2D eigenvalue weighted by atomic mass is 16.5. The Balaban J connectivity index is 1.77. The number of nitroso groups, excluding NO2 is 1. The number of aromatic nitrogens is 2. The molecule has 0 radical (unpaired) electrons. The molecule has 3 aromatic rings. The van der Waals surface area contributed by atoms with Crippen LogP contribution in [0, 0.1) is 4.91 Å². The van der Waals surface area contributed by atoms with Gasteiger partial charge in [-0.2, -0.15) is 4.91 Å². The number of piperazine rings is 1. The van der Waals surface area contributed by atoms with Gasteiger partial charge in [-0.15, -0.1) is 0 Å². The molecule has 1 saturated heterocycles. The average Bonchev–Trinajstić information content (AvgIpc) is 2.83. The van der Waals surface area contributed by atoms with Gasteiger partial charge in [0, 0.05) is 32.7 Å². The molecule has 0 N–H and O–H groups in total. The minimum atomic E-state index is -0.0969. The Kier molecular flexibility index (Phi) is 6.92. The maximum atomic E-state index is 13.7. The van der Waals surface area contributed by atoms with E-state index in [0.29, 0.717) is 47.9 Å². The summed E-state index contributed by atoms with van der Waals surface area (Å²) < 4.78 is 7.56. The molecule has 0 spiro atoms. The van der Waals surface area contributed by atoms with Crippen molar-refractivity contribution in [1.29, 1.82) is 0 Å². The molecule has 32 heavy (non-hydrogen) atoms. The fraction of sp³-hybridized carbons (Fsp3) is 0.417. The molecule has 0 bridgehead atoms. The van der Waals surface area contributed by atoms with Crippen molar-refractivity contribution in [2.45, 2.75) is 19.9 Å². The Morgan fingerprint density at radius 3 is 2.53 bits per heavy atom. The third-order valence-corrected chi connectivity index (χ3v) is 6.04. The van der Waals surface area contributed by atoms with Gasteiger partial charge in [0.05, 0.1) is 35.8 Å². The topological polar surface area (TPSA) is 80.0 Å². The van der Waals surface area contributed by atoms with Crippen LogP contribution in [0.5, 0.6) is 5.75 Å². The Morgan fingerprint density at radius 2 is 1.78 bits per heavy atom. The van der Waals surface area contributed by atoms with Crippen molar-refractivity contribution in [1.82, 2.24) is 19.4 Å². The first-order valence-electron chi connectivity index (χ1n) is 11.1. The third-order valence-electron chi connectivity index (χ3n) is 6.04. The van der Waals surface area contributed by atoms with Gasteiger partial charge in [-0.05, 0) is 38.1 Å². The molecule has 4 rings (SSSR count). The van der Waals surface area contributed by atoms with Crippen molar-refractivity contribution in [3.63, 3.8) is 0 Å². The molecule has 8 nitrogen and oxygen atoms in total. The van der Waals surface area contributed by atoms with Gasteiger partial charge in [-0.3, -0.25) is 19.2 Å². The second-order valence-electron chi connectivity index (χ2n) is 7.93. The van der Waals surface area contributed by atoms with Gasteiger partial charge >= 0.3 is 0 Å². The molecule has 1 unspecified atom stereocenters. The second-order valence-corrected chi connectivity index (χ2v) is 7.93. The van der Waals surface area contributed by atoms with Crippen molar-refractivity contribution >= 4 is 10.9 Å². The van der Waals surface area contributed by atoms with Crippen LogP contribution in [0.4, 0.5) is 0 Å². The van der Waals surface area contributed by atoms with Crippen LogP contribution in [0.25, 0.3) is 16.6 Å². The minimum Gasteiger partial charge on any atom is -0.492 e. The average molecular weight is 436 g/mol. The first-order chi connectivity index (χ1) is 15.6. The summed E-state index contributed by atoms with van der Waals surface area (Å²) in [5.41, 5.74) is 1.30. The van der Waals surface area contributed by atoms with E-state index in [9.17, 15) is 9.70 Å². The Hall–Kier alpha value is -3.10. The standard InChI is InChI=1S/C24H29N5O3/c1-3-32-22-11-7-6-10-21(22)29-23(26-20-9-5-4-8-19(20)24(29)30)18(2)28-16-14-27(15-17-28)13-12-25-31/h4-11,18H,3,12-17H2,1-2H3. The van der Waals surface area contributed by atoms with Gasteiger partial charge in [-0.1, -0.05) is 29.4 Å². The van der Waals surface area contributed by atoms with Crippen LogP contribution in [0.1, 0.15) is 25.7 Å². The number of hydrogen-bond donors (Lipinski definition) is 0. The summed E-state index contributed by atoms with van der Waals surface area (Å²) in [6.07, 6.45) is 0. The zero-order chi connectivity index (χ0) is 22.5. The van der Waals surface area contributed by atoms with Crippen LogP contribution in [0.15, 0.2) is 58.5 Å². The number of ether oxygens (including phenoxy) is 1. The smallest absolute Gasteiger partial charge is 0.266 e. The number of hydrogen-bond acceptors (Lipinski definition) is 7. The van der Waals surface area contributed by atoms with Crippen molar-refractivity contribution in [3.05, 3.63) is 69.6 Å². The van der Waals surface area contributed by atoms with Gasteiger partial charge in [0.15, 0.2) is 0 Å². The van der Waals surface area contributed by atoms with E-state index >= 15 is 0 Å². The van der Waals surface area contributed by atoms with Crippen LogP contribution in [-0.4, -0.2) is 65.2 Å². The zero-order valence-electron chi connectivity index (χ0n) is 18.6. The summed E-state index contributed by atoms with van der Waals surface area (Å²) in [6, 6.07) is 15.0. The van der Waals surface area contributed by atoms with E-state index in [0.717, 1.165) is 26.2 Å². The van der Waals surface area contributed by atoms with E-state index in [4.69, 9.17) is 9.72 Å². The molecule has 1 aromatic heterocycles. The van der Waals surface area contributed by atoms with Crippen molar-refractivity contribution in [2.75, 3.05) is 45.9 Å². The molecule has 0 saturated carbocycles. The van der Waals surface area contributed by atoms with Gasteiger partial charge in [0.2, 0.25) is 0 Å². The monoisotopic (exact) mass is 435 g/mol. The van der Waals surface area contributed by atoms with Crippen LogP contribution >= 0.6 is 0 Å². The number of rotatable bonds is 8. The van der Waals surface area contributed by atoms with Gasteiger partial charge < -0.3 is 4.74 Å². The lowest BCUT2D eigenvalue weighted by atomic mass is 10.1. The molecule has 1 fully saturated rings. The van der Waals surface area contributed by atoms with Crippen molar-refractivity contribution in [2.24, 2.45) is 5.18 Å². The first-order valence-corrected chi connectivity index (χ1v) is 11.1. The molecule has 1 aliphatic rings. The fourth-order valence-corrected chi connectivity index (χ4v) is 4.30. The predicted molar refractivity (Wildman–Crippen MR) is 126 cm³/mol. The summed E-state index contributed by atoms with van der Waals surface area (Å²) in [7, 11) is 0. The van der Waals surface area contributed by atoms with Crippen molar-refractivity contribution < 1.29 is 4.74 Å². The molecule has 168 valence electrons. The number of benzene rings is 2. The molecule has 2 aromatic carbocycles. The Morgan fingerprint density at radius 1 is 1.06 bits per heavy atom. The van der Waals surface area contributed by atoms with Crippen LogP contribution in [0.3, 0.4) is 0 Å². The quantitative estimate of drug-likeness (QED) is 0.506. The van der Waals surface area contributed by atoms with E-state index in [1.54, 1.807) is 4.57 Å². The number of nitrogens with zero attached hydrogens (tertiary/aromatic N) is 5. The normalized spacial score (nSPS) is 16.2. The van der Waals surface area contributed by atoms with E-state index in [-0.39, 0.29) is 11.6 Å². The van der Waals surface area contributed by atoms with E-state index in [1.165, 1.54) is 0 Å². The second kappa shape index (κ2) is 10.0. The summed E-state index contributed by atoms with van der Waals surface area (Å²) >= 11 is 0. The lowest BCUT2D eigenvalue weighted by Crippen LogP contribution is -2.48. The largest absolute Gasteiger partial charge is 0.492 e. The molecule has 1 aliphatic heterocycles. The molecule has 1 atom stereocenters. The highest BCUT2D eigenvalue weighted by Crippen LogP contribution is 2.28. The Bertz CT molecular complexity index is 1140. The lowest BCUT2D eigenvalue weighted by molar-refractivity contribution is 0.100. The SMILES string of the molecule is CCOc1ccccc1-n1c(C(C)N2CCN(CCN=O)CC2)nc2ccccc2c1=O. The van der Waals surface area contributed by atoms with E-state index < -0.39 is 0 Å². The number of para-hydroxylation sites is 3. The molecule has 0 amide bonds. The first kappa shape index (κ1) is 22.1. The third kappa shape index (κ3) is 4.42. The van der Waals surface area contributed by atoms with Crippen LogP contribution in [0.2, 0.25) is 0 Å².